The van der Waals surface area contributed by atoms with Gasteiger partial charge in [-0.1, -0.05) is 23.7 Å². The number of piperidine rings is 1. The minimum Gasteiger partial charge on any atom is -0.494 e. The van der Waals surface area contributed by atoms with Gasteiger partial charge in [-0.05, 0) is 32.0 Å². The highest BCUT2D eigenvalue weighted by Gasteiger charge is 2.30. The van der Waals surface area contributed by atoms with Crippen molar-refractivity contribution in [3.05, 3.63) is 57.7 Å². The third-order valence-electron chi connectivity index (χ3n) is 8.34. The highest BCUT2D eigenvalue weighted by Crippen LogP contribution is 2.41. The molecule has 2 aliphatic rings. The average molecular weight is 660 g/mol. The highest BCUT2D eigenvalue weighted by atomic mass is 35.5. The first-order valence-electron chi connectivity index (χ1n) is 14.6. The van der Waals surface area contributed by atoms with E-state index in [1.807, 2.05) is 0 Å². The molecule has 242 valence electrons. The molecule has 5 rings (SSSR count). The Bertz CT molecular complexity index is 1650. The van der Waals surface area contributed by atoms with Gasteiger partial charge in [0.25, 0.3) is 5.69 Å². The number of para-hydroxylation sites is 2. The first-order valence-corrected chi connectivity index (χ1v) is 16.8. The van der Waals surface area contributed by atoms with Crippen LogP contribution in [0.5, 0.6) is 5.75 Å². The molecule has 1 aromatic heterocycles. The number of nitrogens with zero attached hydrogens (tertiary/aromatic N) is 7. The van der Waals surface area contributed by atoms with Crippen molar-refractivity contribution in [1.82, 2.24) is 19.8 Å². The maximum atomic E-state index is 12.3. The summed E-state index contributed by atoms with van der Waals surface area (Å²) in [5.41, 5.74) is 1.60. The van der Waals surface area contributed by atoms with Gasteiger partial charge in [0.1, 0.15) is 16.5 Å². The van der Waals surface area contributed by atoms with Gasteiger partial charge >= 0.3 is 0 Å². The lowest BCUT2D eigenvalue weighted by Gasteiger charge is -2.42. The fourth-order valence-corrected chi connectivity index (χ4v) is 6.33. The van der Waals surface area contributed by atoms with E-state index in [9.17, 15) is 18.5 Å². The van der Waals surface area contributed by atoms with E-state index in [0.717, 1.165) is 49.6 Å². The van der Waals surface area contributed by atoms with Crippen molar-refractivity contribution in [3.8, 4) is 5.75 Å². The zero-order valence-electron chi connectivity index (χ0n) is 25.7. The molecule has 2 saturated heterocycles. The first kappa shape index (κ1) is 32.5. The van der Waals surface area contributed by atoms with Crippen molar-refractivity contribution < 1.29 is 18.1 Å². The number of hydrogen-bond donors (Lipinski definition) is 2. The second-order valence-electron chi connectivity index (χ2n) is 11.2. The quantitative estimate of drug-likeness (QED) is 0.238. The largest absolute Gasteiger partial charge is 0.494 e. The minimum atomic E-state index is -3.53. The van der Waals surface area contributed by atoms with Crippen LogP contribution in [0.15, 0.2) is 42.6 Å². The Kier molecular flexibility index (Phi) is 9.82. The molecule has 0 saturated carbocycles. The van der Waals surface area contributed by atoms with Gasteiger partial charge in [0.2, 0.25) is 16.0 Å². The number of ether oxygens (including phenoxy) is 1. The van der Waals surface area contributed by atoms with Crippen molar-refractivity contribution in [2.45, 2.75) is 18.9 Å². The normalized spacial score (nSPS) is 16.8. The van der Waals surface area contributed by atoms with Crippen LogP contribution in [0, 0.1) is 10.1 Å². The smallest absolute Gasteiger partial charge is 0.294 e. The van der Waals surface area contributed by atoms with Crippen LogP contribution in [0.4, 0.5) is 40.2 Å². The molecular weight excluding hydrogens is 622 g/mol. The summed E-state index contributed by atoms with van der Waals surface area (Å²) < 4.78 is 31.2. The average Bonchev–Trinajstić information content (AvgIpc) is 3.02. The molecule has 0 unspecified atom stereocenters. The van der Waals surface area contributed by atoms with Gasteiger partial charge in [-0.25, -0.2) is 13.4 Å². The molecule has 2 N–H and O–H groups in total. The summed E-state index contributed by atoms with van der Waals surface area (Å²) in [7, 11) is 1.56. The van der Waals surface area contributed by atoms with E-state index in [1.54, 1.807) is 30.3 Å². The summed E-state index contributed by atoms with van der Waals surface area (Å²) in [5.74, 6) is 0.700. The number of nitro benzene ring substituents is 1. The number of piperazine rings is 1. The van der Waals surface area contributed by atoms with Gasteiger partial charge < -0.3 is 25.2 Å². The number of hydrogen-bond acceptors (Lipinski definition) is 12. The lowest BCUT2D eigenvalue weighted by Crippen LogP contribution is -2.52. The number of nitrogens with one attached hydrogen (secondary N) is 2. The molecule has 2 aliphatic heterocycles. The summed E-state index contributed by atoms with van der Waals surface area (Å²) in [6, 6.07) is 10.4. The maximum Gasteiger partial charge on any atom is 0.294 e. The van der Waals surface area contributed by atoms with Gasteiger partial charge in [-0.2, -0.15) is 4.98 Å². The van der Waals surface area contributed by atoms with E-state index in [2.05, 4.69) is 42.3 Å². The summed E-state index contributed by atoms with van der Waals surface area (Å²) in [5, 5.41) is 18.6. The molecule has 2 fully saturated rings. The third-order valence-corrected chi connectivity index (χ3v) is 9.81. The molecule has 0 atom stereocenters. The van der Waals surface area contributed by atoms with Crippen molar-refractivity contribution in [1.29, 1.82) is 0 Å². The molecular formula is C29H38ClN9O5S. The van der Waals surface area contributed by atoms with Crippen molar-refractivity contribution in [2.24, 2.45) is 0 Å². The van der Waals surface area contributed by atoms with E-state index in [1.165, 1.54) is 26.4 Å². The second-order valence-corrected chi connectivity index (χ2v) is 13.7. The Hall–Kier alpha value is -3.92. The molecule has 16 heteroatoms. The van der Waals surface area contributed by atoms with Crippen molar-refractivity contribution >= 4 is 61.8 Å². The number of anilines is 6. The Morgan fingerprint density at radius 2 is 1.76 bits per heavy atom. The Labute approximate surface area is 268 Å². The molecule has 0 bridgehead atoms. The van der Waals surface area contributed by atoms with E-state index in [-0.39, 0.29) is 22.5 Å². The second kappa shape index (κ2) is 13.6. The molecule has 0 aliphatic carbocycles. The lowest BCUT2D eigenvalue weighted by atomic mass is 10.0. The van der Waals surface area contributed by atoms with Crippen LogP contribution >= 0.6 is 11.6 Å². The molecule has 2 aromatic carbocycles. The number of nitro groups is 1. The molecule has 3 aromatic rings. The number of methoxy groups -OCH3 is 1. The van der Waals surface area contributed by atoms with Gasteiger partial charge in [0.05, 0.1) is 41.5 Å². The van der Waals surface area contributed by atoms with Gasteiger partial charge in [-0.3, -0.25) is 19.3 Å². The summed E-state index contributed by atoms with van der Waals surface area (Å²) in [6.45, 7) is 5.62. The van der Waals surface area contributed by atoms with Crippen LogP contribution in [0.1, 0.15) is 12.8 Å². The number of halogens is 1. The first-order chi connectivity index (χ1) is 21.4. The maximum absolute atomic E-state index is 12.3. The number of aromatic nitrogens is 2. The van der Waals surface area contributed by atoms with Crippen molar-refractivity contribution in [3.63, 3.8) is 0 Å². The number of sulfonamides is 1. The predicted molar refractivity (Wildman–Crippen MR) is 177 cm³/mol. The monoisotopic (exact) mass is 659 g/mol. The Morgan fingerprint density at radius 3 is 2.40 bits per heavy atom. The van der Waals surface area contributed by atoms with Crippen LogP contribution in [-0.2, 0) is 10.0 Å². The standard InChI is InChI=1S/C29H38ClN9O5S/c1-35-13-15-37(16-14-35)20-9-11-38(12-10-20)25-18-27(44-3)23(17-26(25)39(40)41)33-29-31-19-21(30)28(34-29)32-22-7-5-6-8-24(22)36(2)45(4,42)43/h5-8,17-20H,9-16H2,1-4H3,(H2,31,32,33,34). The Balaban J connectivity index is 1.37. The molecule has 3 heterocycles. The van der Waals surface area contributed by atoms with Crippen LogP contribution < -0.4 is 24.6 Å². The SMILES string of the molecule is COc1cc(N2CCC(N3CCN(C)CC3)CC2)c([N+](=O)[O-])cc1Nc1ncc(Cl)c(Nc2ccccc2N(C)S(C)(=O)=O)n1. The number of likely N-dealkylation sites (N-methyl/N-ethyl adjacent to an activating group) is 1. The Morgan fingerprint density at radius 1 is 1.07 bits per heavy atom. The van der Waals surface area contributed by atoms with Crippen LogP contribution in [0.2, 0.25) is 5.02 Å². The minimum absolute atomic E-state index is 0.0543. The number of benzene rings is 2. The summed E-state index contributed by atoms with van der Waals surface area (Å²) in [6.07, 6.45) is 4.35. The van der Waals surface area contributed by atoms with Crippen LogP contribution in [0.25, 0.3) is 0 Å². The molecule has 0 radical (unpaired) electrons. The summed E-state index contributed by atoms with van der Waals surface area (Å²) >= 11 is 6.40. The zero-order chi connectivity index (χ0) is 32.3. The van der Waals surface area contributed by atoms with Gasteiger partial charge in [0.15, 0.2) is 5.82 Å². The fraction of sp³-hybridized carbons (Fsp3) is 0.448. The van der Waals surface area contributed by atoms with E-state index >= 15 is 0 Å². The lowest BCUT2D eigenvalue weighted by molar-refractivity contribution is -0.384. The fourth-order valence-electron chi connectivity index (χ4n) is 5.68. The van der Waals surface area contributed by atoms with Crippen LogP contribution in [0.3, 0.4) is 0 Å². The topological polar surface area (TPSA) is 149 Å². The molecule has 45 heavy (non-hydrogen) atoms. The zero-order valence-corrected chi connectivity index (χ0v) is 27.3. The highest BCUT2D eigenvalue weighted by molar-refractivity contribution is 7.92. The van der Waals surface area contributed by atoms with E-state index < -0.39 is 14.9 Å². The van der Waals surface area contributed by atoms with Gasteiger partial charge in [-0.15, -0.1) is 0 Å². The molecule has 14 nitrogen and oxygen atoms in total. The molecule has 0 spiro atoms. The van der Waals surface area contributed by atoms with Gasteiger partial charge in [0, 0.05) is 64.5 Å². The third kappa shape index (κ3) is 7.49. The van der Waals surface area contributed by atoms with Crippen LogP contribution in [-0.4, -0.2) is 106 Å². The molecule has 0 amide bonds. The van der Waals surface area contributed by atoms with E-state index in [0.29, 0.717) is 47.6 Å². The summed E-state index contributed by atoms with van der Waals surface area (Å²) in [4.78, 5) is 27.5. The number of rotatable bonds is 10. The van der Waals surface area contributed by atoms with E-state index in [4.69, 9.17) is 16.3 Å². The predicted octanol–water partition coefficient (Wildman–Crippen LogP) is 4.15. The van der Waals surface area contributed by atoms with Crippen molar-refractivity contribution in [2.75, 3.05) is 86.6 Å².